The Morgan fingerprint density at radius 3 is 2.23 bits per heavy atom. The first kappa shape index (κ1) is 25.7. The molecule has 1 N–H and O–H groups in total. The van der Waals surface area contributed by atoms with Crippen molar-refractivity contribution in [1.82, 2.24) is 10.2 Å². The molecule has 0 spiro atoms. The summed E-state index contributed by atoms with van der Waals surface area (Å²) in [6.07, 6.45) is 1.23. The Morgan fingerprint density at radius 2 is 1.56 bits per heavy atom. The van der Waals surface area contributed by atoms with Crippen molar-refractivity contribution in [2.24, 2.45) is 0 Å². The fourth-order valence-electron chi connectivity index (χ4n) is 6.26. The van der Waals surface area contributed by atoms with Gasteiger partial charge in [-0.3, -0.25) is 0 Å². The van der Waals surface area contributed by atoms with Gasteiger partial charge >= 0.3 is 234 Å². The van der Waals surface area contributed by atoms with Crippen LogP contribution in [0.15, 0.2) is 78.9 Å². The number of benzene rings is 3. The summed E-state index contributed by atoms with van der Waals surface area (Å²) in [7, 11) is 1.35. The fraction of sp³-hybridized carbons (Fsp3) is 0.323. The number of alkyl carbamates (subject to hydrolysis) is 1. The minimum absolute atomic E-state index is 0.0395. The first-order valence-electron chi connectivity index (χ1n) is 13.3. The number of amides is 2. The van der Waals surface area contributed by atoms with Crippen molar-refractivity contribution in [2.75, 3.05) is 13.7 Å². The predicted octanol–water partition coefficient (Wildman–Crippen LogP) is 3.65. The zero-order valence-corrected chi connectivity index (χ0v) is 23.3. The first-order chi connectivity index (χ1) is 19.0. The number of nitrogens with one attached hydrogen (secondary N) is 1. The molecule has 6 rings (SSSR count). The number of hydrogen-bond acceptors (Lipinski definition) is 5. The van der Waals surface area contributed by atoms with E-state index in [2.05, 4.69) is 41.7 Å². The number of nitrogens with zero attached hydrogens (tertiary/aromatic N) is 1. The molecule has 2 aliphatic heterocycles. The van der Waals surface area contributed by atoms with E-state index in [4.69, 9.17) is 9.47 Å². The van der Waals surface area contributed by atoms with E-state index in [1.807, 2.05) is 42.5 Å². The van der Waals surface area contributed by atoms with Gasteiger partial charge in [-0.2, -0.15) is 0 Å². The van der Waals surface area contributed by atoms with Crippen LogP contribution in [0.25, 0.3) is 11.1 Å². The van der Waals surface area contributed by atoms with Gasteiger partial charge in [0.05, 0.1) is 0 Å². The molecule has 200 valence electrons. The van der Waals surface area contributed by atoms with Gasteiger partial charge in [-0.25, -0.2) is 0 Å². The summed E-state index contributed by atoms with van der Waals surface area (Å²) in [5.41, 5.74) is 4.58. The van der Waals surface area contributed by atoms with Crippen molar-refractivity contribution in [1.29, 1.82) is 0 Å². The second kappa shape index (κ2) is 10.9. The molecule has 2 saturated heterocycles. The van der Waals surface area contributed by atoms with Crippen molar-refractivity contribution < 1.29 is 23.9 Å². The number of ether oxygens (including phenoxy) is 2. The van der Waals surface area contributed by atoms with Gasteiger partial charge in [-0.15, -0.1) is 0 Å². The van der Waals surface area contributed by atoms with Crippen LogP contribution in [-0.2, 0) is 19.1 Å². The molecule has 3 aromatic rings. The summed E-state index contributed by atoms with van der Waals surface area (Å²) in [6.45, 7) is 0.176. The third-order valence-corrected chi connectivity index (χ3v) is 10.9. The SMILES string of the molecule is COC(=O)[C@@H]1CC[C@@H]2[C@H]([Se]c3ccccc3)C[C@H](NC(=O)OCC3c4ccccc4-c4ccccc43)C(=O)N21. The van der Waals surface area contributed by atoms with Gasteiger partial charge in [0.1, 0.15) is 0 Å². The molecular formula is C31H30N2O5Se. The molecule has 4 atom stereocenters. The molecular weight excluding hydrogens is 559 g/mol. The number of rotatable bonds is 6. The number of fused-ring (bicyclic) bond motifs is 4. The number of carbonyl (C=O) groups is 3. The number of esters is 1. The van der Waals surface area contributed by atoms with E-state index < -0.39 is 24.1 Å². The van der Waals surface area contributed by atoms with Crippen molar-refractivity contribution in [2.45, 2.75) is 48.1 Å². The van der Waals surface area contributed by atoms with Crippen molar-refractivity contribution in [3.05, 3.63) is 90.0 Å². The van der Waals surface area contributed by atoms with Gasteiger partial charge in [-0.05, 0) is 0 Å². The third kappa shape index (κ3) is 4.83. The van der Waals surface area contributed by atoms with Gasteiger partial charge in [0.15, 0.2) is 0 Å². The second-order valence-corrected chi connectivity index (χ2v) is 12.9. The Hall–Kier alpha value is -3.61. The average molecular weight is 590 g/mol. The summed E-state index contributed by atoms with van der Waals surface area (Å²) in [6, 6.07) is 25.2. The van der Waals surface area contributed by atoms with Gasteiger partial charge in [0.25, 0.3) is 0 Å². The van der Waals surface area contributed by atoms with Gasteiger partial charge < -0.3 is 0 Å². The molecule has 2 fully saturated rings. The number of methoxy groups -OCH3 is 1. The molecule has 0 aromatic heterocycles. The molecule has 0 saturated carbocycles. The van der Waals surface area contributed by atoms with Crippen LogP contribution in [-0.4, -0.2) is 69.7 Å². The topological polar surface area (TPSA) is 84.9 Å². The number of piperidine rings is 1. The molecule has 3 aromatic carbocycles. The van der Waals surface area contributed by atoms with E-state index in [0.29, 0.717) is 12.8 Å². The van der Waals surface area contributed by atoms with E-state index in [1.54, 1.807) is 4.90 Å². The molecule has 8 heteroatoms. The standard InChI is InChI=1S/C31H30N2O5Se/c1-37-30(35)27-16-15-26-28(39-19-9-3-2-4-10-19)17-25(29(34)33(26)27)32-31(36)38-18-24-22-13-7-5-11-20(22)21-12-6-8-14-23(21)24/h2-14,24-28H,15-18H2,1H3,(H,32,36)/t25-,26+,27-,28+/m0/s1. The quantitative estimate of drug-likeness (QED) is 0.351. The third-order valence-electron chi connectivity index (χ3n) is 8.02. The Morgan fingerprint density at radius 1 is 0.923 bits per heavy atom. The average Bonchev–Trinajstić information content (AvgIpc) is 3.55. The Kier molecular flexibility index (Phi) is 7.15. The molecule has 2 heterocycles. The molecule has 2 amide bonds. The summed E-state index contributed by atoms with van der Waals surface area (Å²) in [4.78, 5) is 41.1. The molecule has 39 heavy (non-hydrogen) atoms. The predicted molar refractivity (Wildman–Crippen MR) is 148 cm³/mol. The minimum atomic E-state index is -0.752. The summed E-state index contributed by atoms with van der Waals surface area (Å²) < 4.78 is 12.0. The van der Waals surface area contributed by atoms with Crippen LogP contribution in [0.3, 0.4) is 0 Å². The van der Waals surface area contributed by atoms with Crippen LogP contribution >= 0.6 is 0 Å². The van der Waals surface area contributed by atoms with E-state index >= 15 is 0 Å². The Balaban J connectivity index is 1.18. The molecule has 1 aliphatic carbocycles. The van der Waals surface area contributed by atoms with Crippen LogP contribution in [0, 0.1) is 0 Å². The maximum atomic E-state index is 13.6. The fourth-order valence-corrected chi connectivity index (χ4v) is 9.15. The van der Waals surface area contributed by atoms with Crippen molar-refractivity contribution in [3.8, 4) is 11.1 Å². The zero-order chi connectivity index (χ0) is 26.9. The van der Waals surface area contributed by atoms with Gasteiger partial charge in [0, 0.05) is 0 Å². The first-order valence-corrected chi connectivity index (χ1v) is 15.1. The van der Waals surface area contributed by atoms with E-state index in [-0.39, 0.29) is 44.2 Å². The summed E-state index contributed by atoms with van der Waals surface area (Å²) >= 11 is 0.0665. The number of carbonyl (C=O) groups excluding carboxylic acids is 3. The monoisotopic (exact) mass is 590 g/mol. The van der Waals surface area contributed by atoms with E-state index in [9.17, 15) is 14.4 Å². The van der Waals surface area contributed by atoms with Gasteiger partial charge in [0.2, 0.25) is 0 Å². The summed E-state index contributed by atoms with van der Waals surface area (Å²) in [5, 5.41) is 2.85. The normalized spacial score (nSPS) is 23.5. The van der Waals surface area contributed by atoms with Gasteiger partial charge in [-0.1, -0.05) is 0 Å². The number of hydrogen-bond donors (Lipinski definition) is 1. The summed E-state index contributed by atoms with van der Waals surface area (Å²) in [5.74, 6) is -0.703. The Labute approximate surface area is 234 Å². The molecule has 0 bridgehead atoms. The second-order valence-electron chi connectivity index (χ2n) is 10.2. The molecule has 3 aliphatic rings. The van der Waals surface area contributed by atoms with Crippen LogP contribution in [0.2, 0.25) is 4.82 Å². The van der Waals surface area contributed by atoms with Crippen LogP contribution < -0.4 is 9.78 Å². The van der Waals surface area contributed by atoms with Crippen LogP contribution in [0.1, 0.15) is 36.3 Å². The maximum absolute atomic E-state index is 13.6. The van der Waals surface area contributed by atoms with E-state index in [0.717, 1.165) is 28.7 Å². The molecule has 0 unspecified atom stereocenters. The van der Waals surface area contributed by atoms with Crippen molar-refractivity contribution in [3.63, 3.8) is 0 Å². The molecule has 0 radical (unpaired) electrons. The Bertz CT molecular complexity index is 1350. The van der Waals surface area contributed by atoms with E-state index in [1.165, 1.54) is 11.6 Å². The van der Waals surface area contributed by atoms with Crippen LogP contribution in [0.5, 0.6) is 0 Å². The van der Waals surface area contributed by atoms with Crippen molar-refractivity contribution >= 4 is 37.4 Å². The molecule has 7 nitrogen and oxygen atoms in total. The van der Waals surface area contributed by atoms with Crippen LogP contribution in [0.4, 0.5) is 4.79 Å². The zero-order valence-electron chi connectivity index (χ0n) is 21.6.